The van der Waals surface area contributed by atoms with Crippen molar-refractivity contribution in [3.63, 3.8) is 0 Å². The molecule has 23 heavy (non-hydrogen) atoms. The molecule has 7 heteroatoms. The van der Waals surface area contributed by atoms with Crippen molar-refractivity contribution in [2.75, 3.05) is 52.4 Å². The molecule has 2 aliphatic heterocycles. The van der Waals surface area contributed by atoms with Crippen LogP contribution < -0.4 is 16.0 Å². The summed E-state index contributed by atoms with van der Waals surface area (Å²) in [6.07, 6.45) is -4.24. The van der Waals surface area contributed by atoms with Gasteiger partial charge in [0, 0.05) is 58.9 Å². The van der Waals surface area contributed by atoms with Crippen LogP contribution >= 0.6 is 0 Å². The quantitative estimate of drug-likeness (QED) is 0.764. The van der Waals surface area contributed by atoms with Crippen LogP contribution in [0.5, 0.6) is 0 Å². The monoisotopic (exact) mass is 330 g/mol. The number of halogens is 3. The van der Waals surface area contributed by atoms with Gasteiger partial charge in [0.2, 0.25) is 0 Å². The standard InChI is InChI=1S/C12H15F3N2.C4H10N2/c13-12(14,15)11-3-1-10(2-4-11)9-17-7-5-16-6-8-17;1-2-6-4-3-5-1/h1-4,16H,5-9H2;5-6H,1-4H2. The van der Waals surface area contributed by atoms with E-state index in [9.17, 15) is 13.2 Å². The lowest BCUT2D eigenvalue weighted by molar-refractivity contribution is -0.137. The van der Waals surface area contributed by atoms with Crippen molar-refractivity contribution in [2.45, 2.75) is 12.7 Å². The van der Waals surface area contributed by atoms with E-state index >= 15 is 0 Å². The maximum atomic E-state index is 12.4. The molecule has 0 radical (unpaired) electrons. The second kappa shape index (κ2) is 9.22. The van der Waals surface area contributed by atoms with Crippen molar-refractivity contribution in [1.29, 1.82) is 0 Å². The van der Waals surface area contributed by atoms with Crippen molar-refractivity contribution in [3.05, 3.63) is 35.4 Å². The molecule has 0 spiro atoms. The Morgan fingerprint density at radius 1 is 0.783 bits per heavy atom. The number of benzene rings is 1. The van der Waals surface area contributed by atoms with E-state index in [-0.39, 0.29) is 0 Å². The van der Waals surface area contributed by atoms with E-state index in [0.717, 1.165) is 76.6 Å². The third-order valence-corrected chi connectivity index (χ3v) is 3.85. The molecule has 0 aromatic heterocycles. The average Bonchev–Trinajstić information content (AvgIpc) is 2.58. The average molecular weight is 330 g/mol. The lowest BCUT2D eigenvalue weighted by atomic mass is 10.1. The van der Waals surface area contributed by atoms with E-state index in [1.54, 1.807) is 12.1 Å². The highest BCUT2D eigenvalue weighted by Gasteiger charge is 2.29. The summed E-state index contributed by atoms with van der Waals surface area (Å²) in [7, 11) is 0. The minimum Gasteiger partial charge on any atom is -0.314 e. The van der Waals surface area contributed by atoms with Crippen LogP contribution in [0.25, 0.3) is 0 Å². The Labute approximate surface area is 135 Å². The van der Waals surface area contributed by atoms with Gasteiger partial charge in [-0.2, -0.15) is 13.2 Å². The van der Waals surface area contributed by atoms with Gasteiger partial charge in [-0.3, -0.25) is 4.90 Å². The normalized spacial score (nSPS) is 19.8. The van der Waals surface area contributed by atoms with E-state index < -0.39 is 11.7 Å². The molecular weight excluding hydrogens is 305 g/mol. The van der Waals surface area contributed by atoms with E-state index in [2.05, 4.69) is 20.9 Å². The lowest BCUT2D eigenvalue weighted by Gasteiger charge is -2.27. The fraction of sp³-hybridized carbons (Fsp3) is 0.625. The van der Waals surface area contributed by atoms with Crippen molar-refractivity contribution < 1.29 is 13.2 Å². The predicted molar refractivity (Wildman–Crippen MR) is 85.3 cm³/mol. The third-order valence-electron chi connectivity index (χ3n) is 3.85. The summed E-state index contributed by atoms with van der Waals surface area (Å²) in [5.74, 6) is 0. The molecule has 0 atom stereocenters. The van der Waals surface area contributed by atoms with Crippen LogP contribution in [0.4, 0.5) is 13.2 Å². The molecule has 0 saturated carbocycles. The first-order valence-electron chi connectivity index (χ1n) is 8.06. The van der Waals surface area contributed by atoms with Gasteiger partial charge >= 0.3 is 6.18 Å². The first-order valence-corrected chi connectivity index (χ1v) is 8.06. The summed E-state index contributed by atoms with van der Waals surface area (Å²) in [6.45, 7) is 9.06. The summed E-state index contributed by atoms with van der Waals surface area (Å²) in [6, 6.07) is 5.42. The number of nitrogens with zero attached hydrogens (tertiary/aromatic N) is 1. The highest BCUT2D eigenvalue weighted by atomic mass is 19.4. The molecule has 2 saturated heterocycles. The fourth-order valence-electron chi connectivity index (χ4n) is 2.53. The van der Waals surface area contributed by atoms with Crippen LogP contribution in [0.1, 0.15) is 11.1 Å². The van der Waals surface area contributed by atoms with Crippen molar-refractivity contribution in [3.8, 4) is 0 Å². The van der Waals surface area contributed by atoms with Crippen molar-refractivity contribution in [1.82, 2.24) is 20.9 Å². The smallest absolute Gasteiger partial charge is 0.314 e. The second-order valence-electron chi connectivity index (χ2n) is 5.72. The molecule has 2 fully saturated rings. The second-order valence-corrected chi connectivity index (χ2v) is 5.72. The van der Waals surface area contributed by atoms with Gasteiger partial charge in [0.15, 0.2) is 0 Å². The first kappa shape index (κ1) is 18.2. The molecule has 2 heterocycles. The van der Waals surface area contributed by atoms with E-state index in [1.807, 2.05) is 0 Å². The SMILES string of the molecule is C1CNCCN1.FC(F)(F)c1ccc(CN2CCNCC2)cc1. The molecule has 0 unspecified atom stereocenters. The van der Waals surface area contributed by atoms with Gasteiger partial charge in [0.1, 0.15) is 0 Å². The number of nitrogens with one attached hydrogen (secondary N) is 3. The van der Waals surface area contributed by atoms with E-state index in [1.165, 1.54) is 0 Å². The molecule has 0 bridgehead atoms. The number of alkyl halides is 3. The molecule has 3 rings (SSSR count). The molecule has 3 N–H and O–H groups in total. The molecule has 1 aromatic carbocycles. The Morgan fingerprint density at radius 3 is 1.70 bits per heavy atom. The van der Waals surface area contributed by atoms with Gasteiger partial charge in [-0.15, -0.1) is 0 Å². The van der Waals surface area contributed by atoms with Gasteiger partial charge in [-0.1, -0.05) is 12.1 Å². The highest BCUT2D eigenvalue weighted by molar-refractivity contribution is 5.24. The molecule has 1 aromatic rings. The zero-order valence-electron chi connectivity index (χ0n) is 13.3. The molecule has 0 aliphatic carbocycles. The Morgan fingerprint density at radius 2 is 1.26 bits per heavy atom. The molecule has 0 amide bonds. The summed E-state index contributed by atoms with van der Waals surface area (Å²) < 4.78 is 37.1. The van der Waals surface area contributed by atoms with E-state index in [0.29, 0.717) is 0 Å². The van der Waals surface area contributed by atoms with Crippen LogP contribution in [-0.4, -0.2) is 57.3 Å². The van der Waals surface area contributed by atoms with Crippen LogP contribution in [0.2, 0.25) is 0 Å². The number of rotatable bonds is 2. The predicted octanol–water partition coefficient (Wildman–Crippen LogP) is 1.29. The van der Waals surface area contributed by atoms with Crippen LogP contribution in [0, 0.1) is 0 Å². The van der Waals surface area contributed by atoms with Crippen LogP contribution in [0.15, 0.2) is 24.3 Å². The highest BCUT2D eigenvalue weighted by Crippen LogP contribution is 2.29. The summed E-state index contributed by atoms with van der Waals surface area (Å²) in [4.78, 5) is 2.24. The minimum atomic E-state index is -4.24. The van der Waals surface area contributed by atoms with Gasteiger partial charge in [-0.05, 0) is 17.7 Å². The van der Waals surface area contributed by atoms with Crippen molar-refractivity contribution >= 4 is 0 Å². The van der Waals surface area contributed by atoms with Gasteiger partial charge in [0.05, 0.1) is 5.56 Å². The topological polar surface area (TPSA) is 39.3 Å². The minimum absolute atomic E-state index is 0.582. The maximum absolute atomic E-state index is 12.4. The van der Waals surface area contributed by atoms with Crippen LogP contribution in [0.3, 0.4) is 0 Å². The maximum Gasteiger partial charge on any atom is 0.416 e. The van der Waals surface area contributed by atoms with Crippen LogP contribution in [-0.2, 0) is 12.7 Å². The molecule has 2 aliphatic rings. The zero-order valence-corrected chi connectivity index (χ0v) is 13.3. The zero-order chi connectivity index (χ0) is 16.5. The number of hydrogen-bond donors (Lipinski definition) is 3. The fourth-order valence-corrected chi connectivity index (χ4v) is 2.53. The van der Waals surface area contributed by atoms with Gasteiger partial charge in [-0.25, -0.2) is 0 Å². The third kappa shape index (κ3) is 6.87. The molecule has 4 nitrogen and oxygen atoms in total. The summed E-state index contributed by atoms with van der Waals surface area (Å²) in [5, 5.41) is 9.68. The Balaban J connectivity index is 0.000000268. The van der Waals surface area contributed by atoms with Gasteiger partial charge < -0.3 is 16.0 Å². The number of piperazine rings is 2. The molecule has 130 valence electrons. The van der Waals surface area contributed by atoms with Gasteiger partial charge in [0.25, 0.3) is 0 Å². The summed E-state index contributed by atoms with van der Waals surface area (Å²) in [5.41, 5.74) is 0.349. The molecular formula is C16H25F3N4. The first-order chi connectivity index (χ1) is 11.1. The lowest BCUT2D eigenvalue weighted by Crippen LogP contribution is -2.42. The number of hydrogen-bond acceptors (Lipinski definition) is 4. The van der Waals surface area contributed by atoms with E-state index in [4.69, 9.17) is 0 Å². The summed E-state index contributed by atoms with van der Waals surface area (Å²) >= 11 is 0. The van der Waals surface area contributed by atoms with Crippen molar-refractivity contribution in [2.24, 2.45) is 0 Å². The largest absolute Gasteiger partial charge is 0.416 e. The Kier molecular flexibility index (Phi) is 7.29. The Bertz CT molecular complexity index is 426. The Hall–Kier alpha value is -1.15.